The summed E-state index contributed by atoms with van der Waals surface area (Å²) in [6.07, 6.45) is 6.02. The second-order valence-electron chi connectivity index (χ2n) is 5.71. The van der Waals surface area contributed by atoms with E-state index in [1.54, 1.807) is 12.1 Å². The SMILES string of the molecule is Nc1nc(NC2CCCCC2)cc(-c2ccc(N)c(F)c2)n1. The second kappa shape index (κ2) is 6.17. The highest BCUT2D eigenvalue weighted by Crippen LogP contribution is 2.26. The molecule has 0 radical (unpaired) electrons. The van der Waals surface area contributed by atoms with Crippen molar-refractivity contribution in [3.63, 3.8) is 0 Å². The Morgan fingerprint density at radius 1 is 1.05 bits per heavy atom. The number of hydrogen-bond acceptors (Lipinski definition) is 5. The largest absolute Gasteiger partial charge is 0.396 e. The molecule has 116 valence electrons. The summed E-state index contributed by atoms with van der Waals surface area (Å²) in [5, 5.41) is 3.41. The van der Waals surface area contributed by atoms with Gasteiger partial charge in [-0.25, -0.2) is 9.37 Å². The topological polar surface area (TPSA) is 89.8 Å². The van der Waals surface area contributed by atoms with Crippen molar-refractivity contribution >= 4 is 17.5 Å². The summed E-state index contributed by atoms with van der Waals surface area (Å²) in [5.41, 5.74) is 12.6. The van der Waals surface area contributed by atoms with Gasteiger partial charge in [-0.05, 0) is 25.0 Å². The quantitative estimate of drug-likeness (QED) is 0.757. The van der Waals surface area contributed by atoms with E-state index in [1.165, 1.54) is 31.4 Å². The molecule has 1 heterocycles. The maximum absolute atomic E-state index is 13.6. The number of rotatable bonds is 3. The van der Waals surface area contributed by atoms with E-state index in [0.717, 1.165) is 12.8 Å². The first-order valence-electron chi connectivity index (χ1n) is 7.58. The van der Waals surface area contributed by atoms with Gasteiger partial charge in [-0.1, -0.05) is 25.3 Å². The molecule has 0 bridgehead atoms. The Morgan fingerprint density at radius 3 is 2.55 bits per heavy atom. The molecular weight excluding hydrogens is 281 g/mol. The Morgan fingerprint density at radius 2 is 1.82 bits per heavy atom. The second-order valence-corrected chi connectivity index (χ2v) is 5.71. The molecule has 6 heteroatoms. The summed E-state index contributed by atoms with van der Waals surface area (Å²) in [4.78, 5) is 8.42. The van der Waals surface area contributed by atoms with Gasteiger partial charge in [-0.15, -0.1) is 0 Å². The van der Waals surface area contributed by atoms with Crippen LogP contribution in [-0.2, 0) is 0 Å². The fourth-order valence-corrected chi connectivity index (χ4v) is 2.83. The molecular formula is C16H20FN5. The van der Waals surface area contributed by atoms with Gasteiger partial charge in [0.1, 0.15) is 11.6 Å². The van der Waals surface area contributed by atoms with Crippen molar-refractivity contribution < 1.29 is 4.39 Å². The molecule has 1 aromatic heterocycles. The zero-order valence-electron chi connectivity index (χ0n) is 12.3. The van der Waals surface area contributed by atoms with Crippen molar-refractivity contribution in [2.45, 2.75) is 38.1 Å². The zero-order chi connectivity index (χ0) is 15.5. The van der Waals surface area contributed by atoms with Crippen LogP contribution in [0.4, 0.5) is 21.8 Å². The van der Waals surface area contributed by atoms with Crippen molar-refractivity contribution in [1.82, 2.24) is 9.97 Å². The third-order valence-corrected chi connectivity index (χ3v) is 4.00. The number of halogens is 1. The van der Waals surface area contributed by atoms with E-state index in [2.05, 4.69) is 15.3 Å². The highest BCUT2D eigenvalue weighted by Gasteiger charge is 2.15. The highest BCUT2D eigenvalue weighted by molar-refractivity contribution is 5.66. The van der Waals surface area contributed by atoms with Gasteiger partial charge in [0.05, 0.1) is 11.4 Å². The number of nitrogens with two attached hydrogens (primary N) is 2. The Labute approximate surface area is 129 Å². The number of benzene rings is 1. The normalized spacial score (nSPS) is 15.7. The van der Waals surface area contributed by atoms with E-state index in [9.17, 15) is 4.39 Å². The molecule has 0 atom stereocenters. The van der Waals surface area contributed by atoms with Crippen LogP contribution in [0.1, 0.15) is 32.1 Å². The standard InChI is InChI=1S/C16H20FN5/c17-12-8-10(6-7-13(12)18)14-9-15(22-16(19)21-14)20-11-4-2-1-3-5-11/h6-9,11H,1-5,18H2,(H3,19,20,21,22). The molecule has 1 aromatic carbocycles. The van der Waals surface area contributed by atoms with Gasteiger partial charge in [0, 0.05) is 17.7 Å². The molecule has 1 aliphatic rings. The molecule has 0 spiro atoms. The summed E-state index contributed by atoms with van der Waals surface area (Å²) in [7, 11) is 0. The lowest BCUT2D eigenvalue weighted by Crippen LogP contribution is -2.23. The van der Waals surface area contributed by atoms with E-state index in [-0.39, 0.29) is 11.6 Å². The molecule has 5 nitrogen and oxygen atoms in total. The van der Waals surface area contributed by atoms with Crippen molar-refractivity contribution in [3.05, 3.63) is 30.1 Å². The number of nitrogens with one attached hydrogen (secondary N) is 1. The zero-order valence-corrected chi connectivity index (χ0v) is 12.3. The first-order chi connectivity index (χ1) is 10.6. The molecule has 0 amide bonds. The van der Waals surface area contributed by atoms with Crippen LogP contribution in [0.5, 0.6) is 0 Å². The smallest absolute Gasteiger partial charge is 0.222 e. The minimum Gasteiger partial charge on any atom is -0.396 e. The maximum Gasteiger partial charge on any atom is 0.222 e. The fourth-order valence-electron chi connectivity index (χ4n) is 2.83. The molecule has 22 heavy (non-hydrogen) atoms. The first kappa shape index (κ1) is 14.6. The van der Waals surface area contributed by atoms with Crippen LogP contribution in [0.25, 0.3) is 11.3 Å². The van der Waals surface area contributed by atoms with Crippen LogP contribution in [0.3, 0.4) is 0 Å². The minimum absolute atomic E-state index is 0.117. The van der Waals surface area contributed by atoms with Gasteiger partial charge in [0.25, 0.3) is 0 Å². The summed E-state index contributed by atoms with van der Waals surface area (Å²) in [5.74, 6) is 0.399. The van der Waals surface area contributed by atoms with Gasteiger partial charge in [-0.2, -0.15) is 4.98 Å². The summed E-state index contributed by atoms with van der Waals surface area (Å²) in [6.45, 7) is 0. The summed E-state index contributed by atoms with van der Waals surface area (Å²) >= 11 is 0. The molecule has 3 rings (SSSR count). The van der Waals surface area contributed by atoms with E-state index < -0.39 is 5.82 Å². The van der Waals surface area contributed by atoms with Crippen molar-refractivity contribution in [1.29, 1.82) is 0 Å². The molecule has 1 fully saturated rings. The van der Waals surface area contributed by atoms with Crippen molar-refractivity contribution in [2.24, 2.45) is 0 Å². The Bertz CT molecular complexity index is 668. The van der Waals surface area contributed by atoms with Gasteiger partial charge in [0.2, 0.25) is 5.95 Å². The van der Waals surface area contributed by atoms with Crippen LogP contribution >= 0.6 is 0 Å². The first-order valence-corrected chi connectivity index (χ1v) is 7.58. The molecule has 0 aliphatic heterocycles. The number of nitrogen functional groups attached to an aromatic ring is 2. The number of aromatic nitrogens is 2. The van der Waals surface area contributed by atoms with E-state index in [4.69, 9.17) is 11.5 Å². The highest BCUT2D eigenvalue weighted by atomic mass is 19.1. The van der Waals surface area contributed by atoms with Crippen molar-refractivity contribution in [3.8, 4) is 11.3 Å². The average Bonchev–Trinajstić information content (AvgIpc) is 2.50. The van der Waals surface area contributed by atoms with Gasteiger partial charge in [-0.3, -0.25) is 0 Å². The van der Waals surface area contributed by atoms with Crippen LogP contribution in [0.15, 0.2) is 24.3 Å². The fraction of sp³-hybridized carbons (Fsp3) is 0.375. The van der Waals surface area contributed by atoms with Crippen LogP contribution in [-0.4, -0.2) is 16.0 Å². The summed E-state index contributed by atoms with van der Waals surface area (Å²) < 4.78 is 13.6. The van der Waals surface area contributed by atoms with Crippen molar-refractivity contribution in [2.75, 3.05) is 16.8 Å². The van der Waals surface area contributed by atoms with Crippen LogP contribution in [0, 0.1) is 5.82 Å². The molecule has 2 aromatic rings. The van der Waals surface area contributed by atoms with E-state index in [0.29, 0.717) is 23.1 Å². The van der Waals surface area contributed by atoms with E-state index >= 15 is 0 Å². The molecule has 1 saturated carbocycles. The lowest BCUT2D eigenvalue weighted by molar-refractivity contribution is 0.462. The predicted octanol–water partition coefficient (Wildman–Crippen LogP) is 3.19. The predicted molar refractivity (Wildman–Crippen MR) is 86.7 cm³/mol. The summed E-state index contributed by atoms with van der Waals surface area (Å²) in [6, 6.07) is 6.83. The lowest BCUT2D eigenvalue weighted by atomic mass is 9.95. The maximum atomic E-state index is 13.6. The molecule has 0 unspecified atom stereocenters. The molecule has 1 aliphatic carbocycles. The van der Waals surface area contributed by atoms with Gasteiger partial charge in [0.15, 0.2) is 0 Å². The number of hydrogen-bond donors (Lipinski definition) is 3. The lowest BCUT2D eigenvalue weighted by Gasteiger charge is -2.23. The third-order valence-electron chi connectivity index (χ3n) is 4.00. The van der Waals surface area contributed by atoms with Crippen LogP contribution in [0.2, 0.25) is 0 Å². The number of nitrogens with zero attached hydrogens (tertiary/aromatic N) is 2. The van der Waals surface area contributed by atoms with Crippen LogP contribution < -0.4 is 16.8 Å². The monoisotopic (exact) mass is 301 g/mol. The third kappa shape index (κ3) is 3.27. The number of anilines is 3. The van der Waals surface area contributed by atoms with E-state index in [1.807, 2.05) is 0 Å². The van der Waals surface area contributed by atoms with Gasteiger partial charge < -0.3 is 16.8 Å². The Hall–Kier alpha value is -2.37. The minimum atomic E-state index is -0.462. The van der Waals surface area contributed by atoms with Gasteiger partial charge >= 0.3 is 0 Å². The Balaban J connectivity index is 1.86. The average molecular weight is 301 g/mol. The Kier molecular flexibility index (Phi) is 4.09. The molecule has 5 N–H and O–H groups in total. The molecule has 0 saturated heterocycles.